The first kappa shape index (κ1) is 21.0. The summed E-state index contributed by atoms with van der Waals surface area (Å²) in [6, 6.07) is 4.51. The smallest absolute Gasteiger partial charge is 0.416 e. The molecule has 3 heterocycles. The quantitative estimate of drug-likeness (QED) is 0.527. The van der Waals surface area contributed by atoms with E-state index in [9.17, 15) is 22.8 Å². The molecule has 3 aromatic rings. The van der Waals surface area contributed by atoms with Crippen molar-refractivity contribution >= 4 is 28.3 Å². The third kappa shape index (κ3) is 4.90. The number of rotatable bonds is 6. The van der Waals surface area contributed by atoms with Gasteiger partial charge in [-0.15, -0.1) is 11.3 Å². The van der Waals surface area contributed by atoms with Crippen molar-refractivity contribution in [3.05, 3.63) is 46.8 Å². The average Bonchev–Trinajstić information content (AvgIpc) is 3.47. The van der Waals surface area contributed by atoms with Gasteiger partial charge in [0.25, 0.3) is 5.89 Å². The summed E-state index contributed by atoms with van der Waals surface area (Å²) in [5.74, 6) is -0.682. The zero-order chi connectivity index (χ0) is 22.0. The molecule has 0 saturated carbocycles. The van der Waals surface area contributed by atoms with E-state index >= 15 is 0 Å². The van der Waals surface area contributed by atoms with Crippen LogP contribution in [0.1, 0.15) is 30.0 Å². The molecule has 1 amide bonds. The molecule has 162 valence electrons. The first-order chi connectivity index (χ1) is 14.8. The Hall–Kier alpha value is -3.28. The number of carbonyl (C=O) groups excluding carboxylic acids is 2. The van der Waals surface area contributed by atoms with Crippen LogP contribution in [0.3, 0.4) is 0 Å². The number of nitrogens with zero attached hydrogens (tertiary/aromatic N) is 4. The van der Waals surface area contributed by atoms with Crippen LogP contribution in [0.2, 0.25) is 0 Å². The molecule has 0 bridgehead atoms. The lowest BCUT2D eigenvalue weighted by Crippen LogP contribution is -2.23. The summed E-state index contributed by atoms with van der Waals surface area (Å²) < 4.78 is 48.6. The van der Waals surface area contributed by atoms with E-state index in [1.165, 1.54) is 23.5 Å². The van der Waals surface area contributed by atoms with E-state index in [2.05, 4.69) is 15.1 Å². The minimum atomic E-state index is -4.49. The van der Waals surface area contributed by atoms with E-state index in [-0.39, 0.29) is 36.2 Å². The molecule has 1 aromatic carbocycles. The Balaban J connectivity index is 1.33. The number of benzene rings is 1. The van der Waals surface area contributed by atoms with Gasteiger partial charge in [0, 0.05) is 23.9 Å². The van der Waals surface area contributed by atoms with Gasteiger partial charge in [-0.1, -0.05) is 17.3 Å². The second-order valence-electron chi connectivity index (χ2n) is 6.70. The van der Waals surface area contributed by atoms with Gasteiger partial charge in [-0.05, 0) is 18.6 Å². The van der Waals surface area contributed by atoms with E-state index in [0.717, 1.165) is 18.6 Å². The van der Waals surface area contributed by atoms with Crippen LogP contribution in [0.4, 0.5) is 18.3 Å². The van der Waals surface area contributed by atoms with Gasteiger partial charge >= 0.3 is 12.1 Å². The Labute approximate surface area is 177 Å². The fraction of sp³-hybridized carbons (Fsp3) is 0.316. The van der Waals surface area contributed by atoms with Crippen molar-refractivity contribution in [1.29, 1.82) is 0 Å². The number of ether oxygens (including phenoxy) is 1. The third-order valence-corrected chi connectivity index (χ3v) is 5.35. The second kappa shape index (κ2) is 8.46. The van der Waals surface area contributed by atoms with Gasteiger partial charge in [-0.2, -0.15) is 18.2 Å². The molecule has 1 fully saturated rings. The Bertz CT molecular complexity index is 1110. The highest BCUT2D eigenvalue weighted by Crippen LogP contribution is 2.31. The molecule has 2 aromatic heterocycles. The molecule has 12 heteroatoms. The van der Waals surface area contributed by atoms with Crippen LogP contribution >= 0.6 is 11.3 Å². The van der Waals surface area contributed by atoms with Crippen molar-refractivity contribution in [2.45, 2.75) is 32.0 Å². The Morgan fingerprint density at radius 2 is 2.13 bits per heavy atom. The van der Waals surface area contributed by atoms with Crippen LogP contribution in [0, 0.1) is 0 Å². The van der Waals surface area contributed by atoms with Crippen LogP contribution in [0.15, 0.2) is 34.2 Å². The Morgan fingerprint density at radius 3 is 2.87 bits per heavy atom. The van der Waals surface area contributed by atoms with Gasteiger partial charge in [-0.3, -0.25) is 14.5 Å². The lowest BCUT2D eigenvalue weighted by Gasteiger charge is -2.10. The van der Waals surface area contributed by atoms with Gasteiger partial charge in [0.2, 0.25) is 11.7 Å². The van der Waals surface area contributed by atoms with Gasteiger partial charge < -0.3 is 9.26 Å². The van der Waals surface area contributed by atoms with Gasteiger partial charge in [0.05, 0.1) is 17.7 Å². The standard InChI is InChI=1S/C19H15F3N4O4S/c20-19(21,22)12-4-1-3-11(7-12)17-24-14(30-25-17)9-29-16(28)8-13-10-31-18(23-13)26-6-2-5-15(26)27/h1,3-4,7,10H,2,5-6,8-9H2. The summed E-state index contributed by atoms with van der Waals surface area (Å²) in [7, 11) is 0. The van der Waals surface area contributed by atoms with Crippen LogP contribution in [0.5, 0.6) is 0 Å². The molecule has 0 unspecified atom stereocenters. The maximum atomic E-state index is 12.8. The van der Waals surface area contributed by atoms with Crippen LogP contribution < -0.4 is 4.90 Å². The molecule has 0 aliphatic carbocycles. The molecule has 8 nitrogen and oxygen atoms in total. The van der Waals surface area contributed by atoms with Crippen molar-refractivity contribution in [3.63, 3.8) is 0 Å². The third-order valence-electron chi connectivity index (χ3n) is 4.44. The Kier molecular flexibility index (Phi) is 5.72. The molecule has 0 atom stereocenters. The van der Waals surface area contributed by atoms with Crippen molar-refractivity contribution in [2.75, 3.05) is 11.4 Å². The highest BCUT2D eigenvalue weighted by atomic mass is 32.1. The van der Waals surface area contributed by atoms with Crippen molar-refractivity contribution in [2.24, 2.45) is 0 Å². The summed E-state index contributed by atoms with van der Waals surface area (Å²) in [6.45, 7) is 0.286. The molecule has 0 spiro atoms. The average molecular weight is 452 g/mol. The van der Waals surface area contributed by atoms with Gasteiger partial charge in [-0.25, -0.2) is 4.98 Å². The van der Waals surface area contributed by atoms with Crippen molar-refractivity contribution < 1.29 is 32.0 Å². The highest BCUT2D eigenvalue weighted by Gasteiger charge is 2.31. The normalized spacial score (nSPS) is 14.3. The monoisotopic (exact) mass is 452 g/mol. The number of amides is 1. The summed E-state index contributed by atoms with van der Waals surface area (Å²) in [5, 5.41) is 5.86. The van der Waals surface area contributed by atoms with E-state index < -0.39 is 17.7 Å². The molecule has 1 saturated heterocycles. The molecule has 4 rings (SSSR count). The number of thiazole rings is 1. The number of esters is 1. The predicted molar refractivity (Wildman–Crippen MR) is 102 cm³/mol. The van der Waals surface area contributed by atoms with Crippen LogP contribution in [0.25, 0.3) is 11.4 Å². The van der Waals surface area contributed by atoms with E-state index in [0.29, 0.717) is 23.8 Å². The second-order valence-corrected chi connectivity index (χ2v) is 7.53. The number of aromatic nitrogens is 3. The van der Waals surface area contributed by atoms with E-state index in [1.54, 1.807) is 10.3 Å². The molecule has 31 heavy (non-hydrogen) atoms. The van der Waals surface area contributed by atoms with E-state index in [4.69, 9.17) is 9.26 Å². The highest BCUT2D eigenvalue weighted by molar-refractivity contribution is 7.14. The molecular formula is C19H15F3N4O4S. The minimum Gasteiger partial charge on any atom is -0.455 e. The first-order valence-electron chi connectivity index (χ1n) is 9.20. The molecule has 1 aliphatic rings. The topological polar surface area (TPSA) is 98.4 Å². The number of anilines is 1. The first-order valence-corrected chi connectivity index (χ1v) is 10.1. The van der Waals surface area contributed by atoms with Crippen molar-refractivity contribution in [3.8, 4) is 11.4 Å². The molecule has 1 aliphatic heterocycles. The maximum absolute atomic E-state index is 12.8. The lowest BCUT2D eigenvalue weighted by atomic mass is 10.1. The van der Waals surface area contributed by atoms with E-state index in [1.807, 2.05) is 0 Å². The summed E-state index contributed by atoms with van der Waals surface area (Å²) in [6.07, 6.45) is -3.32. The van der Waals surface area contributed by atoms with Crippen molar-refractivity contribution in [1.82, 2.24) is 15.1 Å². The number of hydrogen-bond donors (Lipinski definition) is 0. The minimum absolute atomic E-state index is 0.0106. The van der Waals surface area contributed by atoms with Crippen LogP contribution in [-0.4, -0.2) is 33.5 Å². The zero-order valence-electron chi connectivity index (χ0n) is 15.9. The lowest BCUT2D eigenvalue weighted by molar-refractivity contribution is -0.145. The maximum Gasteiger partial charge on any atom is 0.416 e. The molecule has 0 N–H and O–H groups in total. The predicted octanol–water partition coefficient (Wildman–Crippen LogP) is 3.62. The summed E-state index contributed by atoms with van der Waals surface area (Å²) in [4.78, 5) is 33.7. The van der Waals surface area contributed by atoms with Crippen LogP contribution in [-0.2, 0) is 33.5 Å². The van der Waals surface area contributed by atoms with Gasteiger partial charge in [0.1, 0.15) is 0 Å². The fourth-order valence-corrected chi connectivity index (χ4v) is 3.83. The fourth-order valence-electron chi connectivity index (χ4n) is 2.96. The molecule has 0 radical (unpaired) electrons. The SMILES string of the molecule is O=C(Cc1csc(N2CCCC2=O)n1)OCc1nc(-c2cccc(C(F)(F)F)c2)no1. The summed E-state index contributed by atoms with van der Waals surface area (Å²) in [5.41, 5.74) is -0.233. The number of alkyl halides is 3. The van der Waals surface area contributed by atoms with Gasteiger partial charge in [0.15, 0.2) is 11.7 Å². The Morgan fingerprint density at radius 1 is 1.29 bits per heavy atom. The number of carbonyl (C=O) groups is 2. The zero-order valence-corrected chi connectivity index (χ0v) is 16.7. The summed E-state index contributed by atoms with van der Waals surface area (Å²) >= 11 is 1.28. The number of hydrogen-bond acceptors (Lipinski definition) is 8. The molecular weight excluding hydrogens is 437 g/mol. The largest absolute Gasteiger partial charge is 0.455 e. The number of halogens is 3.